The van der Waals surface area contributed by atoms with Crippen molar-refractivity contribution in [1.29, 1.82) is 0 Å². The second-order valence-corrected chi connectivity index (χ2v) is 7.58. The number of anilines is 1. The maximum atomic E-state index is 12.4. The molecule has 1 amide bonds. The third-order valence-corrected chi connectivity index (χ3v) is 5.30. The van der Waals surface area contributed by atoms with Crippen LogP contribution in [-0.2, 0) is 9.53 Å². The Morgan fingerprint density at radius 2 is 1.89 bits per heavy atom. The first-order valence-electron chi connectivity index (χ1n) is 8.95. The fraction of sp³-hybridized carbons (Fsp3) is 0.238. The number of nitrogens with one attached hydrogen (secondary N) is 1. The van der Waals surface area contributed by atoms with Crippen LogP contribution in [0.15, 0.2) is 57.8 Å². The number of thioether (sulfide) groups is 1. The van der Waals surface area contributed by atoms with E-state index in [9.17, 15) is 9.59 Å². The molecule has 1 aromatic heterocycles. The summed E-state index contributed by atoms with van der Waals surface area (Å²) in [6, 6.07) is 14.8. The third-order valence-electron chi connectivity index (χ3n) is 3.95. The molecule has 0 aliphatic heterocycles. The van der Waals surface area contributed by atoms with Crippen LogP contribution >= 0.6 is 23.4 Å². The van der Waals surface area contributed by atoms with E-state index < -0.39 is 5.97 Å². The zero-order chi connectivity index (χ0) is 19.9. The van der Waals surface area contributed by atoms with Gasteiger partial charge in [0.1, 0.15) is 11.3 Å². The van der Waals surface area contributed by atoms with Crippen LogP contribution in [0.5, 0.6) is 0 Å². The zero-order valence-electron chi connectivity index (χ0n) is 15.4. The highest BCUT2D eigenvalue weighted by Crippen LogP contribution is 2.31. The van der Waals surface area contributed by atoms with Gasteiger partial charge < -0.3 is 14.5 Å². The number of halogens is 1. The molecule has 1 N–H and O–H groups in total. The number of para-hydroxylation sites is 1. The second kappa shape index (κ2) is 9.66. The first kappa shape index (κ1) is 20.3. The maximum absolute atomic E-state index is 12.4. The summed E-state index contributed by atoms with van der Waals surface area (Å²) in [6.07, 6.45) is 1.03. The van der Waals surface area contributed by atoms with Crippen molar-refractivity contribution in [2.75, 3.05) is 17.7 Å². The highest BCUT2D eigenvalue weighted by Gasteiger charge is 2.23. The summed E-state index contributed by atoms with van der Waals surface area (Å²) < 4.78 is 10.6. The Bertz CT molecular complexity index is 968. The van der Waals surface area contributed by atoms with Crippen molar-refractivity contribution in [2.45, 2.75) is 24.7 Å². The van der Waals surface area contributed by atoms with Crippen molar-refractivity contribution in [2.24, 2.45) is 0 Å². The summed E-state index contributed by atoms with van der Waals surface area (Å²) in [4.78, 5) is 25.7. The lowest BCUT2D eigenvalue weighted by molar-refractivity contribution is -0.116. The van der Waals surface area contributed by atoms with Gasteiger partial charge in [-0.2, -0.15) is 0 Å². The number of benzene rings is 2. The quantitative estimate of drug-likeness (QED) is 0.286. The summed E-state index contributed by atoms with van der Waals surface area (Å²) in [5.74, 6) is 0.0550. The molecule has 146 valence electrons. The number of carbonyl (C=O) groups excluding carboxylic acids is 2. The van der Waals surface area contributed by atoms with Crippen molar-refractivity contribution in [3.63, 3.8) is 0 Å². The molecule has 0 saturated heterocycles. The van der Waals surface area contributed by atoms with Crippen LogP contribution in [0.25, 0.3) is 11.0 Å². The molecule has 0 spiro atoms. The lowest BCUT2D eigenvalue weighted by Crippen LogP contribution is -2.14. The molecule has 0 aliphatic carbocycles. The molecule has 28 heavy (non-hydrogen) atoms. The van der Waals surface area contributed by atoms with E-state index in [1.807, 2.05) is 30.3 Å². The van der Waals surface area contributed by atoms with Gasteiger partial charge in [-0.1, -0.05) is 23.7 Å². The van der Waals surface area contributed by atoms with E-state index in [1.54, 1.807) is 36.9 Å². The number of hydrogen-bond acceptors (Lipinski definition) is 5. The van der Waals surface area contributed by atoms with Crippen LogP contribution in [0.3, 0.4) is 0 Å². The Morgan fingerprint density at radius 1 is 1.14 bits per heavy atom. The third kappa shape index (κ3) is 5.09. The molecule has 0 saturated carbocycles. The Labute approximate surface area is 172 Å². The molecule has 0 fully saturated rings. The number of furan rings is 1. The summed E-state index contributed by atoms with van der Waals surface area (Å²) >= 11 is 7.54. The molecule has 2 aromatic carbocycles. The summed E-state index contributed by atoms with van der Waals surface area (Å²) in [6.45, 7) is 1.95. The van der Waals surface area contributed by atoms with Crippen LogP contribution < -0.4 is 5.32 Å². The normalized spacial score (nSPS) is 10.8. The second-order valence-electron chi connectivity index (χ2n) is 5.98. The van der Waals surface area contributed by atoms with Gasteiger partial charge in [0.15, 0.2) is 0 Å². The molecule has 3 aromatic rings. The van der Waals surface area contributed by atoms with Gasteiger partial charge >= 0.3 is 5.97 Å². The molecule has 1 heterocycles. The van der Waals surface area contributed by atoms with Crippen LogP contribution in [0, 0.1) is 0 Å². The molecule has 0 unspecified atom stereocenters. The molecule has 0 atom stereocenters. The van der Waals surface area contributed by atoms with Crippen LogP contribution in [0.2, 0.25) is 5.02 Å². The average Bonchev–Trinajstić information content (AvgIpc) is 3.05. The minimum absolute atomic E-state index is 0.0203. The van der Waals surface area contributed by atoms with E-state index in [2.05, 4.69) is 5.32 Å². The summed E-state index contributed by atoms with van der Waals surface area (Å²) in [5, 5.41) is 4.20. The minimum atomic E-state index is -0.590. The molecule has 3 rings (SSSR count). The van der Waals surface area contributed by atoms with E-state index in [-0.39, 0.29) is 18.3 Å². The molecule has 0 aliphatic rings. The fourth-order valence-electron chi connectivity index (χ4n) is 2.67. The van der Waals surface area contributed by atoms with E-state index in [0.717, 1.165) is 10.6 Å². The molecule has 0 bridgehead atoms. The van der Waals surface area contributed by atoms with Crippen molar-refractivity contribution < 1.29 is 18.7 Å². The van der Waals surface area contributed by atoms with Gasteiger partial charge in [0, 0.05) is 21.7 Å². The van der Waals surface area contributed by atoms with Crippen molar-refractivity contribution in [1.82, 2.24) is 0 Å². The number of esters is 1. The molecular formula is C21H20ClNO4S. The molecule has 5 nitrogen and oxygen atoms in total. The highest BCUT2D eigenvalue weighted by atomic mass is 35.5. The highest BCUT2D eigenvalue weighted by molar-refractivity contribution is 7.99. The van der Waals surface area contributed by atoms with Crippen molar-refractivity contribution in [3.8, 4) is 0 Å². The topological polar surface area (TPSA) is 68.5 Å². The Balaban J connectivity index is 1.61. The van der Waals surface area contributed by atoms with E-state index in [4.69, 9.17) is 20.8 Å². The number of hydrogen-bond donors (Lipinski definition) is 1. The predicted molar refractivity (Wildman–Crippen MR) is 112 cm³/mol. The SMILES string of the molecule is CCOC(=O)c1oc2ccccc2c1NC(=O)CCCSc1ccc(Cl)cc1. The van der Waals surface area contributed by atoms with Gasteiger partial charge in [-0.25, -0.2) is 4.79 Å². The van der Waals surface area contributed by atoms with Crippen molar-refractivity contribution >= 4 is 51.9 Å². The lowest BCUT2D eigenvalue weighted by Gasteiger charge is -2.06. The lowest BCUT2D eigenvalue weighted by atomic mass is 10.2. The molecule has 7 heteroatoms. The molecule has 0 radical (unpaired) electrons. The number of ether oxygens (including phenoxy) is 1. The number of carbonyl (C=O) groups is 2. The van der Waals surface area contributed by atoms with E-state index in [1.165, 1.54) is 0 Å². The number of fused-ring (bicyclic) bond motifs is 1. The van der Waals surface area contributed by atoms with Crippen LogP contribution in [0.4, 0.5) is 5.69 Å². The Kier molecular flexibility index (Phi) is 7.01. The van der Waals surface area contributed by atoms with Crippen LogP contribution in [0.1, 0.15) is 30.3 Å². The van der Waals surface area contributed by atoms with Gasteiger partial charge in [0.05, 0.1) is 6.61 Å². The summed E-state index contributed by atoms with van der Waals surface area (Å²) in [5.41, 5.74) is 0.892. The van der Waals surface area contributed by atoms with Gasteiger partial charge in [0.25, 0.3) is 0 Å². The first-order chi connectivity index (χ1) is 13.6. The Morgan fingerprint density at radius 3 is 2.64 bits per heavy atom. The number of rotatable bonds is 8. The Hall–Kier alpha value is -2.44. The number of amides is 1. The van der Waals surface area contributed by atoms with Gasteiger partial charge in [-0.15, -0.1) is 11.8 Å². The van der Waals surface area contributed by atoms with Gasteiger partial charge in [-0.3, -0.25) is 4.79 Å². The predicted octanol–water partition coefficient (Wildman–Crippen LogP) is 5.77. The van der Waals surface area contributed by atoms with E-state index in [0.29, 0.717) is 34.5 Å². The monoisotopic (exact) mass is 417 g/mol. The summed E-state index contributed by atoms with van der Waals surface area (Å²) in [7, 11) is 0. The first-order valence-corrected chi connectivity index (χ1v) is 10.3. The largest absolute Gasteiger partial charge is 0.460 e. The fourth-order valence-corrected chi connectivity index (χ4v) is 3.64. The smallest absolute Gasteiger partial charge is 0.376 e. The van der Waals surface area contributed by atoms with Gasteiger partial charge in [-0.05, 0) is 55.5 Å². The average molecular weight is 418 g/mol. The van der Waals surface area contributed by atoms with E-state index >= 15 is 0 Å². The van der Waals surface area contributed by atoms with Gasteiger partial charge in [0.2, 0.25) is 11.7 Å². The zero-order valence-corrected chi connectivity index (χ0v) is 16.9. The van der Waals surface area contributed by atoms with Crippen LogP contribution in [-0.4, -0.2) is 24.2 Å². The standard InChI is InChI=1S/C21H20ClNO4S/c1-2-26-21(25)20-19(16-6-3-4-7-17(16)27-20)23-18(24)8-5-13-28-15-11-9-14(22)10-12-15/h3-4,6-7,9-12H,2,5,8,13H2,1H3,(H,23,24). The van der Waals surface area contributed by atoms with Crippen molar-refractivity contribution in [3.05, 3.63) is 59.3 Å². The minimum Gasteiger partial charge on any atom is -0.460 e. The molecular weight excluding hydrogens is 398 g/mol. The maximum Gasteiger partial charge on any atom is 0.376 e.